The Hall–Kier alpha value is -2.64. The largest absolute Gasteiger partial charge is 0.491 e. The molecule has 1 aromatic carbocycles. The molecule has 1 atom stereocenters. The summed E-state index contributed by atoms with van der Waals surface area (Å²) in [7, 11) is 0. The molecule has 2 aliphatic rings. The number of fused-ring (bicyclic) bond motifs is 1. The van der Waals surface area contributed by atoms with Crippen LogP contribution in [-0.4, -0.2) is 45.4 Å². The van der Waals surface area contributed by atoms with Crippen LogP contribution < -0.4 is 10.5 Å². The molecular formula is C23H28N4O3. The van der Waals surface area contributed by atoms with E-state index in [1.54, 1.807) is 6.20 Å². The third-order valence-electron chi connectivity index (χ3n) is 6.29. The second-order valence-corrected chi connectivity index (χ2v) is 8.39. The van der Waals surface area contributed by atoms with Crippen LogP contribution in [0.25, 0.3) is 16.8 Å². The highest BCUT2D eigenvalue weighted by Gasteiger charge is 2.33. The third kappa shape index (κ3) is 3.63. The summed E-state index contributed by atoms with van der Waals surface area (Å²) in [5, 5.41) is 9.39. The lowest BCUT2D eigenvalue weighted by Gasteiger charge is -2.32. The normalized spacial score (nSPS) is 24.0. The molecule has 30 heavy (non-hydrogen) atoms. The summed E-state index contributed by atoms with van der Waals surface area (Å²) in [4.78, 5) is 9.27. The van der Waals surface area contributed by atoms with Crippen molar-refractivity contribution in [2.45, 2.75) is 44.1 Å². The van der Waals surface area contributed by atoms with Crippen LogP contribution in [-0.2, 0) is 4.74 Å². The standard InChI is InChI=1S/C23H28N4O3/c24-22-21-20(26-23(27(21)8-7-25-22)17-10-15(11-17)13-28)16-4-3-6-18(12-16)30-14-19-5-1-2-9-29-19/h3-4,6-8,12,15,17,19,28H,1-2,5,9-11,13-14H2,(H2,24,25)/t15-,17+,19?. The number of nitrogens with zero attached hydrogens (tertiary/aromatic N) is 3. The van der Waals surface area contributed by atoms with Crippen molar-refractivity contribution in [2.24, 2.45) is 5.92 Å². The molecule has 3 N–H and O–H groups in total. The van der Waals surface area contributed by atoms with Crippen LogP contribution in [0.15, 0.2) is 36.7 Å². The summed E-state index contributed by atoms with van der Waals surface area (Å²) in [5.41, 5.74) is 8.86. The van der Waals surface area contributed by atoms with E-state index in [0.717, 1.165) is 60.6 Å². The SMILES string of the molecule is Nc1nccn2c1c(-c1cccc(OCC3CCCCO3)c1)nc2[C@H]1C[C@@H](CO)C1. The molecule has 1 unspecified atom stereocenters. The second kappa shape index (κ2) is 8.24. The van der Waals surface area contributed by atoms with Crippen LogP contribution in [0.5, 0.6) is 5.75 Å². The van der Waals surface area contributed by atoms with Crippen LogP contribution in [0.2, 0.25) is 0 Å². The maximum atomic E-state index is 9.39. The Balaban J connectivity index is 1.44. The molecule has 1 saturated heterocycles. The van der Waals surface area contributed by atoms with Crippen molar-refractivity contribution in [1.82, 2.24) is 14.4 Å². The van der Waals surface area contributed by atoms with Gasteiger partial charge in [0.1, 0.15) is 35.2 Å². The van der Waals surface area contributed by atoms with Crippen molar-refractivity contribution in [1.29, 1.82) is 0 Å². The Bertz CT molecular complexity index is 1020. The highest BCUT2D eigenvalue weighted by molar-refractivity contribution is 5.85. The van der Waals surface area contributed by atoms with Crippen LogP contribution in [0.3, 0.4) is 0 Å². The number of benzene rings is 1. The number of aliphatic hydroxyl groups is 1. The molecule has 2 fully saturated rings. The first-order valence-electron chi connectivity index (χ1n) is 10.8. The molecule has 2 aromatic heterocycles. The zero-order valence-electron chi connectivity index (χ0n) is 17.0. The predicted octanol–water partition coefficient (Wildman–Crippen LogP) is 3.41. The van der Waals surface area contributed by atoms with E-state index in [4.69, 9.17) is 20.2 Å². The smallest absolute Gasteiger partial charge is 0.150 e. The Morgan fingerprint density at radius 1 is 1.27 bits per heavy atom. The van der Waals surface area contributed by atoms with Crippen LogP contribution >= 0.6 is 0 Å². The summed E-state index contributed by atoms with van der Waals surface area (Å²) in [6.45, 7) is 1.62. The maximum Gasteiger partial charge on any atom is 0.150 e. The van der Waals surface area contributed by atoms with Gasteiger partial charge >= 0.3 is 0 Å². The molecule has 3 heterocycles. The highest BCUT2D eigenvalue weighted by Crippen LogP contribution is 2.43. The third-order valence-corrected chi connectivity index (χ3v) is 6.29. The minimum absolute atomic E-state index is 0.167. The summed E-state index contributed by atoms with van der Waals surface area (Å²) in [5.74, 6) is 2.94. The van der Waals surface area contributed by atoms with Crippen LogP contribution in [0.1, 0.15) is 43.8 Å². The molecule has 5 rings (SSSR count). The van der Waals surface area contributed by atoms with Gasteiger partial charge < -0.3 is 20.3 Å². The van der Waals surface area contributed by atoms with E-state index in [1.807, 2.05) is 30.5 Å². The van der Waals surface area contributed by atoms with Gasteiger partial charge in [-0.15, -0.1) is 0 Å². The van der Waals surface area contributed by atoms with Crippen molar-refractivity contribution in [3.8, 4) is 17.0 Å². The fraction of sp³-hybridized carbons (Fsp3) is 0.478. The van der Waals surface area contributed by atoms with Gasteiger partial charge in [0, 0.05) is 37.1 Å². The summed E-state index contributed by atoms with van der Waals surface area (Å²) < 4.78 is 13.9. The van der Waals surface area contributed by atoms with Gasteiger partial charge in [-0.05, 0) is 50.2 Å². The number of hydrogen-bond acceptors (Lipinski definition) is 6. The number of aromatic nitrogens is 3. The number of anilines is 1. The molecule has 1 aliphatic carbocycles. The first-order valence-corrected chi connectivity index (χ1v) is 10.8. The van der Waals surface area contributed by atoms with E-state index in [1.165, 1.54) is 6.42 Å². The lowest BCUT2D eigenvalue weighted by Crippen LogP contribution is -2.26. The zero-order chi connectivity index (χ0) is 20.5. The molecule has 7 heteroatoms. The van der Waals surface area contributed by atoms with Gasteiger partial charge in [-0.2, -0.15) is 0 Å². The number of imidazole rings is 1. The molecule has 158 valence electrons. The van der Waals surface area contributed by atoms with E-state index in [0.29, 0.717) is 24.3 Å². The van der Waals surface area contributed by atoms with E-state index < -0.39 is 0 Å². The lowest BCUT2D eigenvalue weighted by molar-refractivity contribution is -0.0110. The Labute approximate surface area is 175 Å². The first kappa shape index (κ1) is 19.3. The molecule has 1 aliphatic heterocycles. The van der Waals surface area contributed by atoms with Gasteiger partial charge in [0.2, 0.25) is 0 Å². The number of ether oxygens (including phenoxy) is 2. The predicted molar refractivity (Wildman–Crippen MR) is 114 cm³/mol. The fourth-order valence-electron chi connectivity index (χ4n) is 4.53. The van der Waals surface area contributed by atoms with Crippen molar-refractivity contribution < 1.29 is 14.6 Å². The summed E-state index contributed by atoms with van der Waals surface area (Å²) in [6.07, 6.45) is 9.07. The fourth-order valence-corrected chi connectivity index (χ4v) is 4.53. The van der Waals surface area contributed by atoms with Crippen LogP contribution in [0.4, 0.5) is 5.82 Å². The van der Waals surface area contributed by atoms with Crippen molar-refractivity contribution in [3.05, 3.63) is 42.5 Å². The molecule has 7 nitrogen and oxygen atoms in total. The number of rotatable bonds is 6. The minimum Gasteiger partial charge on any atom is -0.491 e. The number of aliphatic hydroxyl groups excluding tert-OH is 1. The molecule has 3 aromatic rings. The number of nitrogen functional groups attached to an aromatic ring is 1. The first-order chi connectivity index (χ1) is 14.7. The average Bonchev–Trinajstić information content (AvgIpc) is 3.13. The zero-order valence-corrected chi connectivity index (χ0v) is 17.0. The van der Waals surface area contributed by atoms with Gasteiger partial charge in [0.15, 0.2) is 0 Å². The van der Waals surface area contributed by atoms with Gasteiger partial charge in [0.05, 0.1) is 6.10 Å². The van der Waals surface area contributed by atoms with E-state index in [2.05, 4.69) is 9.38 Å². The van der Waals surface area contributed by atoms with Gasteiger partial charge in [-0.3, -0.25) is 4.40 Å². The quantitative estimate of drug-likeness (QED) is 0.649. The monoisotopic (exact) mass is 408 g/mol. The second-order valence-electron chi connectivity index (χ2n) is 8.39. The van der Waals surface area contributed by atoms with Crippen molar-refractivity contribution in [3.63, 3.8) is 0 Å². The van der Waals surface area contributed by atoms with E-state index in [9.17, 15) is 5.11 Å². The minimum atomic E-state index is 0.167. The van der Waals surface area contributed by atoms with Gasteiger partial charge in [-0.1, -0.05) is 12.1 Å². The summed E-state index contributed by atoms with van der Waals surface area (Å²) in [6, 6.07) is 7.98. The van der Waals surface area contributed by atoms with Crippen molar-refractivity contribution in [2.75, 3.05) is 25.6 Å². The maximum absolute atomic E-state index is 9.39. The van der Waals surface area contributed by atoms with Crippen LogP contribution in [0, 0.1) is 5.92 Å². The van der Waals surface area contributed by atoms with E-state index >= 15 is 0 Å². The Morgan fingerprint density at radius 2 is 2.17 bits per heavy atom. The number of nitrogens with two attached hydrogens (primary N) is 1. The summed E-state index contributed by atoms with van der Waals surface area (Å²) >= 11 is 0. The average molecular weight is 409 g/mol. The molecule has 0 amide bonds. The van der Waals surface area contributed by atoms with E-state index in [-0.39, 0.29) is 12.7 Å². The van der Waals surface area contributed by atoms with Gasteiger partial charge in [0.25, 0.3) is 0 Å². The number of hydrogen-bond donors (Lipinski definition) is 2. The Kier molecular flexibility index (Phi) is 5.31. The molecule has 0 bridgehead atoms. The Morgan fingerprint density at radius 3 is 2.97 bits per heavy atom. The molecular weight excluding hydrogens is 380 g/mol. The lowest BCUT2D eigenvalue weighted by atomic mass is 9.75. The molecule has 1 saturated carbocycles. The van der Waals surface area contributed by atoms with Gasteiger partial charge in [-0.25, -0.2) is 9.97 Å². The topological polar surface area (TPSA) is 94.9 Å². The van der Waals surface area contributed by atoms with Crippen molar-refractivity contribution >= 4 is 11.3 Å². The molecule has 0 spiro atoms. The highest BCUT2D eigenvalue weighted by atomic mass is 16.5. The molecule has 0 radical (unpaired) electrons.